The van der Waals surface area contributed by atoms with Crippen LogP contribution in [0, 0.1) is 5.82 Å². The number of aromatic nitrogens is 2. The van der Waals surface area contributed by atoms with Gasteiger partial charge >= 0.3 is 0 Å². The van der Waals surface area contributed by atoms with Gasteiger partial charge in [-0.15, -0.1) is 0 Å². The van der Waals surface area contributed by atoms with Gasteiger partial charge in [0.1, 0.15) is 6.10 Å². The zero-order chi connectivity index (χ0) is 30.7. The minimum absolute atomic E-state index is 0.0118. The van der Waals surface area contributed by atoms with Gasteiger partial charge in [0.15, 0.2) is 11.6 Å². The lowest BCUT2D eigenvalue weighted by Crippen LogP contribution is -2.26. The average molecular weight is 584 g/mol. The molecule has 43 heavy (non-hydrogen) atoms. The second-order valence-electron chi connectivity index (χ2n) is 11.5. The fourth-order valence-corrected chi connectivity index (χ4v) is 4.78. The molecule has 0 aliphatic carbocycles. The highest BCUT2D eigenvalue weighted by molar-refractivity contribution is 6.04. The Hall–Kier alpha value is -4.83. The molecule has 2 amide bonds. The molecule has 10 heteroatoms. The molecular weight excluding hydrogens is 549 g/mol. The largest absolute Gasteiger partial charge is 0.368 e. The number of ether oxygens (including phenoxy) is 1. The van der Waals surface area contributed by atoms with Gasteiger partial charge in [0.25, 0.3) is 17.4 Å². The summed E-state index contributed by atoms with van der Waals surface area (Å²) in [5.74, 6) is -1.39. The Morgan fingerprint density at radius 2 is 1.72 bits per heavy atom. The number of benzene rings is 3. The third-order valence-electron chi connectivity index (χ3n) is 7.22. The Bertz CT molecular complexity index is 1720. The van der Waals surface area contributed by atoms with Crippen LogP contribution in [-0.4, -0.2) is 34.1 Å². The Morgan fingerprint density at radius 3 is 2.42 bits per heavy atom. The highest BCUT2D eigenvalue weighted by atomic mass is 19.1. The average Bonchev–Trinajstić information content (AvgIpc) is 3.52. The predicted octanol–water partition coefficient (Wildman–Crippen LogP) is 6.00. The number of carbonyl (C=O) groups is 2. The molecule has 1 saturated heterocycles. The maximum Gasteiger partial charge on any atom is 0.293 e. The normalized spacial score (nSPS) is 14.8. The van der Waals surface area contributed by atoms with Crippen molar-refractivity contribution in [3.63, 3.8) is 0 Å². The summed E-state index contributed by atoms with van der Waals surface area (Å²) >= 11 is 0. The van der Waals surface area contributed by atoms with E-state index in [-0.39, 0.29) is 34.1 Å². The summed E-state index contributed by atoms with van der Waals surface area (Å²) in [6.45, 7) is 6.82. The number of nitrogens with zero attached hydrogens (tertiary/aromatic N) is 2. The van der Waals surface area contributed by atoms with E-state index in [0.717, 1.165) is 12.0 Å². The highest BCUT2D eigenvalue weighted by Crippen LogP contribution is 2.28. The second-order valence-corrected chi connectivity index (χ2v) is 11.5. The molecule has 2 heterocycles. The summed E-state index contributed by atoms with van der Waals surface area (Å²) in [7, 11) is 1.54. The van der Waals surface area contributed by atoms with E-state index in [1.807, 2.05) is 12.1 Å². The van der Waals surface area contributed by atoms with E-state index < -0.39 is 23.4 Å². The summed E-state index contributed by atoms with van der Waals surface area (Å²) in [5.41, 5.74) is 2.31. The number of carbonyl (C=O) groups excluding carboxylic acids is 2. The molecule has 0 bridgehead atoms. The van der Waals surface area contributed by atoms with E-state index in [4.69, 9.17) is 4.74 Å². The van der Waals surface area contributed by atoms with Crippen molar-refractivity contribution in [2.45, 2.75) is 45.1 Å². The molecule has 4 aromatic rings. The molecule has 9 nitrogen and oxygen atoms in total. The maximum atomic E-state index is 15.7. The Morgan fingerprint density at radius 1 is 1.00 bits per heavy atom. The van der Waals surface area contributed by atoms with Crippen molar-refractivity contribution in [3.8, 4) is 11.3 Å². The van der Waals surface area contributed by atoms with E-state index >= 15 is 4.39 Å². The molecule has 3 N–H and O–H groups in total. The van der Waals surface area contributed by atoms with Crippen LogP contribution in [0.5, 0.6) is 0 Å². The lowest BCUT2D eigenvalue weighted by atomic mass is 9.87. The zero-order valence-electron chi connectivity index (χ0n) is 24.5. The first kappa shape index (κ1) is 29.7. The van der Waals surface area contributed by atoms with Crippen LogP contribution in [0.15, 0.2) is 77.7 Å². The van der Waals surface area contributed by atoms with Gasteiger partial charge in [-0.25, -0.2) is 9.37 Å². The highest BCUT2D eigenvalue weighted by Gasteiger charge is 2.24. The van der Waals surface area contributed by atoms with Crippen molar-refractivity contribution < 1.29 is 18.7 Å². The zero-order valence-corrected chi connectivity index (χ0v) is 24.5. The molecular formula is C33H34FN5O4. The van der Waals surface area contributed by atoms with Crippen molar-refractivity contribution in [2.75, 3.05) is 22.6 Å². The van der Waals surface area contributed by atoms with E-state index in [0.29, 0.717) is 30.0 Å². The van der Waals surface area contributed by atoms with E-state index in [1.165, 1.54) is 22.9 Å². The molecule has 0 spiro atoms. The third-order valence-corrected chi connectivity index (χ3v) is 7.22. The van der Waals surface area contributed by atoms with Crippen LogP contribution in [0.2, 0.25) is 0 Å². The summed E-state index contributed by atoms with van der Waals surface area (Å²) in [5, 5.41) is 8.47. The molecule has 5 rings (SSSR count). The molecule has 1 aliphatic rings. The van der Waals surface area contributed by atoms with Crippen LogP contribution in [0.25, 0.3) is 11.3 Å². The summed E-state index contributed by atoms with van der Waals surface area (Å²) in [6.07, 6.45) is 2.46. The molecule has 0 saturated carbocycles. The van der Waals surface area contributed by atoms with Gasteiger partial charge in [-0.2, -0.15) is 0 Å². The van der Waals surface area contributed by atoms with Crippen LogP contribution >= 0.6 is 0 Å². The SMILES string of the molecule is Cn1cc(-c2cccc(NC(=O)c3ccc(C(C)(C)C)cc3)c2F)nc(Nc2cccc(NC(=O)C3CCCO3)c2)c1=O. The summed E-state index contributed by atoms with van der Waals surface area (Å²) in [6, 6.07) is 18.7. The molecule has 1 atom stereocenters. The minimum atomic E-state index is -0.682. The Kier molecular flexibility index (Phi) is 8.40. The van der Waals surface area contributed by atoms with Gasteiger partial charge in [0, 0.05) is 42.4 Å². The summed E-state index contributed by atoms with van der Waals surface area (Å²) in [4.78, 5) is 42.7. The first-order valence-electron chi connectivity index (χ1n) is 14.1. The Labute approximate surface area is 249 Å². The third kappa shape index (κ3) is 6.81. The summed E-state index contributed by atoms with van der Waals surface area (Å²) < 4.78 is 22.5. The van der Waals surface area contributed by atoms with Gasteiger partial charge in [-0.1, -0.05) is 45.0 Å². The molecule has 1 fully saturated rings. The smallest absolute Gasteiger partial charge is 0.293 e. The molecule has 222 valence electrons. The lowest BCUT2D eigenvalue weighted by molar-refractivity contribution is -0.124. The quantitative estimate of drug-likeness (QED) is 0.246. The van der Waals surface area contributed by atoms with Gasteiger partial charge < -0.3 is 25.3 Å². The standard InChI is InChI=1S/C33H34FN5O4/c1-33(2,3)21-15-13-20(14-16-21)30(40)38-25-11-6-10-24(28(25)34)26-19-39(4)32(42)29(37-26)35-22-8-5-9-23(18-22)36-31(41)27-12-7-17-43-27/h5-6,8-11,13-16,18-19,27H,7,12,17H2,1-4H3,(H,35,37)(H,36,41)(H,38,40). The van der Waals surface area contributed by atoms with Crippen molar-refractivity contribution >= 4 is 34.7 Å². The number of hydrogen-bond donors (Lipinski definition) is 3. The van der Waals surface area contributed by atoms with Gasteiger partial charge in [0.2, 0.25) is 0 Å². The fraction of sp³-hybridized carbons (Fsp3) is 0.273. The number of aryl methyl sites for hydroxylation is 1. The molecule has 1 aliphatic heterocycles. The van der Waals surface area contributed by atoms with Gasteiger partial charge in [0.05, 0.1) is 11.4 Å². The van der Waals surface area contributed by atoms with E-state index in [1.54, 1.807) is 49.5 Å². The molecule has 0 radical (unpaired) electrons. The van der Waals surface area contributed by atoms with Crippen LogP contribution in [0.4, 0.5) is 27.3 Å². The van der Waals surface area contributed by atoms with Gasteiger partial charge in [-0.05, 0) is 66.3 Å². The van der Waals surface area contributed by atoms with Crippen LogP contribution in [0.1, 0.15) is 49.5 Å². The van der Waals surface area contributed by atoms with Crippen molar-refractivity contribution in [1.82, 2.24) is 9.55 Å². The number of hydrogen-bond acceptors (Lipinski definition) is 6. The monoisotopic (exact) mass is 583 g/mol. The van der Waals surface area contributed by atoms with Crippen LogP contribution < -0.4 is 21.5 Å². The first-order valence-corrected chi connectivity index (χ1v) is 14.1. The molecule has 1 unspecified atom stereocenters. The molecule has 3 aromatic carbocycles. The lowest BCUT2D eigenvalue weighted by Gasteiger charge is -2.19. The number of halogens is 1. The number of rotatable bonds is 7. The van der Waals surface area contributed by atoms with E-state index in [9.17, 15) is 14.4 Å². The van der Waals surface area contributed by atoms with Crippen LogP contribution in [-0.2, 0) is 22.0 Å². The number of anilines is 4. The van der Waals surface area contributed by atoms with Crippen molar-refractivity contribution in [2.24, 2.45) is 7.05 Å². The van der Waals surface area contributed by atoms with Crippen molar-refractivity contribution in [1.29, 1.82) is 0 Å². The second kappa shape index (κ2) is 12.2. The topological polar surface area (TPSA) is 114 Å². The van der Waals surface area contributed by atoms with E-state index in [2.05, 4.69) is 41.7 Å². The number of amides is 2. The number of nitrogens with one attached hydrogen (secondary N) is 3. The Balaban J connectivity index is 1.37. The molecule has 1 aromatic heterocycles. The van der Waals surface area contributed by atoms with Crippen molar-refractivity contribution in [3.05, 3.63) is 100 Å². The predicted molar refractivity (Wildman–Crippen MR) is 165 cm³/mol. The first-order chi connectivity index (χ1) is 20.5. The van der Waals surface area contributed by atoms with Crippen LogP contribution in [0.3, 0.4) is 0 Å². The maximum absolute atomic E-state index is 15.7. The van der Waals surface area contributed by atoms with Gasteiger partial charge in [-0.3, -0.25) is 14.4 Å². The minimum Gasteiger partial charge on any atom is -0.368 e. The fourth-order valence-electron chi connectivity index (χ4n) is 4.78.